The molecule has 0 saturated heterocycles. The van der Waals surface area contributed by atoms with Crippen molar-refractivity contribution in [1.29, 1.82) is 0 Å². The van der Waals surface area contributed by atoms with E-state index in [2.05, 4.69) is 45.0 Å². The lowest BCUT2D eigenvalue weighted by molar-refractivity contribution is 0.318. The van der Waals surface area contributed by atoms with Gasteiger partial charge in [0, 0.05) is 16.0 Å². The molecule has 0 spiro atoms. The Morgan fingerprint density at radius 1 is 1.07 bits per heavy atom. The third-order valence-corrected chi connectivity index (χ3v) is 5.42. The molecule has 3 aromatic rings. The molecule has 1 heterocycles. The maximum Gasteiger partial charge on any atom is 0.170 e. The van der Waals surface area contributed by atoms with E-state index >= 15 is 0 Å². The van der Waals surface area contributed by atoms with Crippen molar-refractivity contribution in [2.75, 3.05) is 0 Å². The molecule has 29 heavy (non-hydrogen) atoms. The minimum Gasteiger partial charge on any atom is -0.508 e. The van der Waals surface area contributed by atoms with Crippen LogP contribution < -0.4 is 5.73 Å². The quantitative estimate of drug-likeness (QED) is 0.193. The van der Waals surface area contributed by atoms with Crippen LogP contribution in [0, 0.1) is 6.92 Å². The van der Waals surface area contributed by atoms with Crippen molar-refractivity contribution >= 4 is 17.2 Å². The lowest BCUT2D eigenvalue weighted by Crippen LogP contribution is -2.15. The maximum absolute atomic E-state index is 9.65. The first-order valence-electron chi connectivity index (χ1n) is 9.95. The zero-order chi connectivity index (χ0) is 21.4. The van der Waals surface area contributed by atoms with Crippen molar-refractivity contribution in [3.8, 4) is 27.3 Å². The van der Waals surface area contributed by atoms with Gasteiger partial charge in [0.15, 0.2) is 5.84 Å². The number of nitrogens with zero attached hydrogens (tertiary/aromatic N) is 1. The molecule has 4 nitrogen and oxygen atoms in total. The summed E-state index contributed by atoms with van der Waals surface area (Å²) in [6.45, 7) is 8.43. The van der Waals surface area contributed by atoms with E-state index in [-0.39, 0.29) is 11.6 Å². The molecule has 0 saturated carbocycles. The number of thiophene rings is 1. The van der Waals surface area contributed by atoms with Crippen molar-refractivity contribution < 1.29 is 10.3 Å². The molecule has 4 N–H and O–H groups in total. The summed E-state index contributed by atoms with van der Waals surface area (Å²) >= 11 is 1.63. The number of hydrogen-bond donors (Lipinski definition) is 3. The molecular weight excluding hydrogens is 380 g/mol. The van der Waals surface area contributed by atoms with Gasteiger partial charge in [-0.05, 0) is 65.2 Å². The Morgan fingerprint density at radius 2 is 1.72 bits per heavy atom. The van der Waals surface area contributed by atoms with E-state index in [1.54, 1.807) is 23.5 Å². The second-order valence-electron chi connectivity index (χ2n) is 6.99. The van der Waals surface area contributed by atoms with Crippen molar-refractivity contribution in [3.05, 3.63) is 64.5 Å². The van der Waals surface area contributed by atoms with E-state index in [9.17, 15) is 10.3 Å². The zero-order valence-electron chi connectivity index (χ0n) is 17.6. The van der Waals surface area contributed by atoms with Crippen LogP contribution in [0.2, 0.25) is 0 Å². The van der Waals surface area contributed by atoms with Gasteiger partial charge in [-0.1, -0.05) is 57.0 Å². The van der Waals surface area contributed by atoms with E-state index in [4.69, 9.17) is 5.73 Å². The Hall–Kier alpha value is -2.79. The summed E-state index contributed by atoms with van der Waals surface area (Å²) in [6.07, 6.45) is 3.16. The van der Waals surface area contributed by atoms with Gasteiger partial charge in [0.25, 0.3) is 0 Å². The van der Waals surface area contributed by atoms with Gasteiger partial charge in [0.1, 0.15) is 5.75 Å². The molecule has 0 aliphatic rings. The summed E-state index contributed by atoms with van der Waals surface area (Å²) in [7, 11) is 0. The Bertz CT molecular complexity index is 960. The van der Waals surface area contributed by atoms with Crippen LogP contribution in [0.4, 0.5) is 0 Å². The van der Waals surface area contributed by atoms with Crippen molar-refractivity contribution in [3.63, 3.8) is 0 Å². The van der Waals surface area contributed by atoms with Gasteiger partial charge in [-0.15, -0.1) is 11.3 Å². The van der Waals surface area contributed by atoms with Crippen LogP contribution >= 0.6 is 11.3 Å². The highest BCUT2D eigenvalue weighted by atomic mass is 32.1. The number of aryl methyl sites for hydroxylation is 2. The molecule has 0 aliphatic heterocycles. The summed E-state index contributed by atoms with van der Waals surface area (Å²) in [4.78, 5) is 1.10. The topological polar surface area (TPSA) is 78.8 Å². The molecule has 0 fully saturated rings. The number of oxime groups is 1. The number of phenols is 1. The van der Waals surface area contributed by atoms with Gasteiger partial charge in [-0.2, -0.15) is 0 Å². The van der Waals surface area contributed by atoms with Crippen LogP contribution in [-0.2, 0) is 6.42 Å². The maximum atomic E-state index is 9.65. The smallest absolute Gasteiger partial charge is 0.170 e. The molecule has 0 radical (unpaired) electrons. The van der Waals surface area contributed by atoms with Crippen LogP contribution in [0.1, 0.15) is 50.3 Å². The Labute approximate surface area is 177 Å². The summed E-state index contributed by atoms with van der Waals surface area (Å²) < 4.78 is 0. The van der Waals surface area contributed by atoms with E-state index in [0.29, 0.717) is 0 Å². The van der Waals surface area contributed by atoms with Crippen LogP contribution in [0.25, 0.3) is 21.6 Å². The number of phenolic OH excluding ortho intramolecular Hbond substituents is 1. The fraction of sp³-hybridized carbons (Fsp3) is 0.292. The fourth-order valence-corrected chi connectivity index (χ4v) is 4.13. The van der Waals surface area contributed by atoms with Gasteiger partial charge < -0.3 is 16.0 Å². The number of hydrogen-bond acceptors (Lipinski definition) is 4. The number of aromatic hydroxyl groups is 1. The minimum absolute atomic E-state index is 0.103. The molecule has 154 valence electrons. The van der Waals surface area contributed by atoms with Crippen LogP contribution in [0.3, 0.4) is 0 Å². The highest BCUT2D eigenvalue weighted by molar-refractivity contribution is 7.13. The van der Waals surface area contributed by atoms with E-state index in [0.717, 1.165) is 51.1 Å². The monoisotopic (exact) mass is 410 g/mol. The van der Waals surface area contributed by atoms with Gasteiger partial charge in [0.2, 0.25) is 0 Å². The zero-order valence-corrected chi connectivity index (χ0v) is 18.4. The summed E-state index contributed by atoms with van der Waals surface area (Å²) in [5, 5.41) is 24.3. The molecule has 0 amide bonds. The number of benzene rings is 2. The Balaban J connectivity index is 0.000000941. The first kappa shape index (κ1) is 22.5. The molecule has 0 atom stereocenters. The second kappa shape index (κ2) is 10.7. The minimum atomic E-state index is 0.103. The first-order valence-corrected chi connectivity index (χ1v) is 10.8. The number of nitrogens with two attached hydrogens (primary N) is 1. The van der Waals surface area contributed by atoms with Crippen molar-refractivity contribution in [1.82, 2.24) is 0 Å². The molecule has 1 aromatic heterocycles. The molecule has 5 heteroatoms. The summed E-state index contributed by atoms with van der Waals surface area (Å²) in [5.74, 6) is 0.328. The second-order valence-corrected chi connectivity index (χ2v) is 7.90. The lowest BCUT2D eigenvalue weighted by Gasteiger charge is -2.17. The summed E-state index contributed by atoms with van der Waals surface area (Å²) in [6, 6.07) is 13.4. The fourth-order valence-electron chi connectivity index (χ4n) is 3.13. The van der Waals surface area contributed by atoms with Gasteiger partial charge in [-0.3, -0.25) is 0 Å². The standard InChI is InChI=1S/C21H22N2O2S.C3H8/c1-3-4-14-11-17(15-5-7-16(24)8-6-15)19(18(12-14)21(22)23-25)20-13(2)9-10-26-20;1-3-2/h5-12,24-25H,3-4H2,1-2H3,(H2,22,23);3H2,1-2H3. The molecule has 0 unspecified atom stereocenters. The van der Waals surface area contributed by atoms with Crippen LogP contribution in [0.5, 0.6) is 5.75 Å². The van der Waals surface area contributed by atoms with Crippen LogP contribution in [0.15, 0.2) is 53.0 Å². The van der Waals surface area contributed by atoms with Gasteiger partial charge in [0.05, 0.1) is 0 Å². The molecule has 0 bridgehead atoms. The van der Waals surface area contributed by atoms with Crippen molar-refractivity contribution in [2.24, 2.45) is 10.9 Å². The largest absolute Gasteiger partial charge is 0.508 e. The third kappa shape index (κ3) is 5.39. The first-order chi connectivity index (χ1) is 14.0. The average Bonchev–Trinajstić information content (AvgIpc) is 3.13. The predicted molar refractivity (Wildman–Crippen MR) is 124 cm³/mol. The Morgan fingerprint density at radius 3 is 2.24 bits per heavy atom. The lowest BCUT2D eigenvalue weighted by atomic mass is 9.89. The molecule has 3 rings (SSSR count). The number of amidine groups is 1. The molecule has 0 aliphatic carbocycles. The Kier molecular flexibility index (Phi) is 8.28. The third-order valence-electron chi connectivity index (χ3n) is 4.39. The van der Waals surface area contributed by atoms with E-state index in [1.165, 1.54) is 6.42 Å². The van der Waals surface area contributed by atoms with E-state index < -0.39 is 0 Å². The SMILES string of the molecule is CCC.CCCc1cc(/C(N)=N/O)c(-c2sccc2C)c(-c2ccc(O)cc2)c1. The molecule has 2 aromatic carbocycles. The van der Waals surface area contributed by atoms with E-state index in [1.807, 2.05) is 23.6 Å². The predicted octanol–water partition coefficient (Wildman–Crippen LogP) is 6.56. The summed E-state index contributed by atoms with van der Waals surface area (Å²) in [5.41, 5.74) is 12.0. The average molecular weight is 411 g/mol. The highest BCUT2D eigenvalue weighted by Gasteiger charge is 2.19. The molecular formula is C24H30N2O2S. The normalized spacial score (nSPS) is 11.1. The van der Waals surface area contributed by atoms with Gasteiger partial charge >= 0.3 is 0 Å². The highest BCUT2D eigenvalue weighted by Crippen LogP contribution is 2.41. The van der Waals surface area contributed by atoms with Crippen LogP contribution in [-0.4, -0.2) is 16.1 Å². The van der Waals surface area contributed by atoms with Gasteiger partial charge in [-0.25, -0.2) is 0 Å². The number of rotatable bonds is 5. The van der Waals surface area contributed by atoms with Crippen molar-refractivity contribution in [2.45, 2.75) is 47.0 Å².